The van der Waals surface area contributed by atoms with Crippen LogP contribution in [0.5, 0.6) is 0 Å². The van der Waals surface area contributed by atoms with E-state index in [9.17, 15) is 18.8 Å². The third-order valence-electron chi connectivity index (χ3n) is 8.05. The standard InChI is InChI=1S/C34H38FN5O4S/c1-2-44-33(43)26-9-15-29(16-10-26)40-32(42)30(23-31(41)36-28-13-11-27(35)12-14-28)39(34(40)45)18-6-17-37-19-21-38(22-20-37)24-25-7-4-3-5-8-25/h3-5,7-16,30H,2,6,17-24H2,1H3,(H,36,41)/t30-/m0/s1. The van der Waals surface area contributed by atoms with Crippen LogP contribution in [0.25, 0.3) is 0 Å². The molecule has 2 heterocycles. The second-order valence-corrected chi connectivity index (χ2v) is 11.5. The Labute approximate surface area is 268 Å². The molecule has 5 rings (SSSR count). The van der Waals surface area contributed by atoms with Crippen LogP contribution in [0.4, 0.5) is 15.8 Å². The maximum absolute atomic E-state index is 13.8. The van der Waals surface area contributed by atoms with Gasteiger partial charge in [0, 0.05) is 45.0 Å². The SMILES string of the molecule is CCOC(=O)c1ccc(N2C(=O)[C@H](CC(=O)Nc3ccc(F)cc3)N(CCCN3CCN(Cc4ccccc4)CC3)C2=S)cc1. The van der Waals surface area contributed by atoms with Crippen LogP contribution < -0.4 is 10.2 Å². The number of esters is 1. The van der Waals surface area contributed by atoms with E-state index in [1.54, 1.807) is 31.2 Å². The predicted octanol–water partition coefficient (Wildman–Crippen LogP) is 4.54. The highest BCUT2D eigenvalue weighted by molar-refractivity contribution is 7.80. The van der Waals surface area contributed by atoms with Crippen LogP contribution in [0.2, 0.25) is 0 Å². The summed E-state index contributed by atoms with van der Waals surface area (Å²) < 4.78 is 18.4. The van der Waals surface area contributed by atoms with E-state index in [1.165, 1.54) is 34.7 Å². The molecule has 2 aliphatic heterocycles. The summed E-state index contributed by atoms with van der Waals surface area (Å²) in [6.07, 6.45) is 0.643. The van der Waals surface area contributed by atoms with Crippen LogP contribution in [-0.4, -0.2) is 89.5 Å². The Hall–Kier alpha value is -4.19. The van der Waals surface area contributed by atoms with Gasteiger partial charge in [-0.1, -0.05) is 30.3 Å². The van der Waals surface area contributed by atoms with Crippen molar-refractivity contribution >= 4 is 46.5 Å². The van der Waals surface area contributed by atoms with Crippen LogP contribution in [0.1, 0.15) is 35.7 Å². The van der Waals surface area contributed by atoms with Gasteiger partial charge in [-0.05, 0) is 86.2 Å². The number of carbonyl (C=O) groups excluding carboxylic acids is 3. The highest BCUT2D eigenvalue weighted by atomic mass is 32.1. The molecular weight excluding hydrogens is 593 g/mol. The van der Waals surface area contributed by atoms with Crippen molar-refractivity contribution < 1.29 is 23.5 Å². The minimum atomic E-state index is -0.801. The van der Waals surface area contributed by atoms with Crippen molar-refractivity contribution in [3.63, 3.8) is 0 Å². The minimum Gasteiger partial charge on any atom is -0.462 e. The Kier molecular flexibility index (Phi) is 10.9. The molecule has 0 spiro atoms. The Morgan fingerprint density at radius 3 is 2.24 bits per heavy atom. The summed E-state index contributed by atoms with van der Waals surface area (Å²) in [4.78, 5) is 47.1. The number of carbonyl (C=O) groups is 3. The molecule has 0 radical (unpaired) electrons. The summed E-state index contributed by atoms with van der Waals surface area (Å²) >= 11 is 5.81. The molecule has 236 valence electrons. The van der Waals surface area contributed by atoms with Crippen LogP contribution >= 0.6 is 12.2 Å². The number of thiocarbonyl (C=S) groups is 1. The molecule has 0 saturated carbocycles. The molecule has 1 atom stereocenters. The zero-order valence-electron chi connectivity index (χ0n) is 25.4. The summed E-state index contributed by atoms with van der Waals surface area (Å²) in [5.74, 6) is -1.54. The van der Waals surface area contributed by atoms with Crippen molar-refractivity contribution in [1.82, 2.24) is 14.7 Å². The van der Waals surface area contributed by atoms with Gasteiger partial charge in [0.25, 0.3) is 5.91 Å². The molecule has 2 saturated heterocycles. The quantitative estimate of drug-likeness (QED) is 0.231. The molecule has 0 aliphatic carbocycles. The lowest BCUT2D eigenvalue weighted by Gasteiger charge is -2.35. The Morgan fingerprint density at radius 1 is 0.911 bits per heavy atom. The summed E-state index contributed by atoms with van der Waals surface area (Å²) in [5, 5.41) is 3.07. The van der Waals surface area contributed by atoms with Crippen molar-refractivity contribution in [1.29, 1.82) is 0 Å². The average molecular weight is 632 g/mol. The van der Waals surface area contributed by atoms with E-state index in [-0.39, 0.29) is 24.8 Å². The molecule has 11 heteroatoms. The second-order valence-electron chi connectivity index (χ2n) is 11.1. The average Bonchev–Trinajstić information content (AvgIpc) is 3.27. The van der Waals surface area contributed by atoms with E-state index in [4.69, 9.17) is 17.0 Å². The molecule has 0 bridgehead atoms. The number of amides is 2. The lowest BCUT2D eigenvalue weighted by atomic mass is 10.1. The highest BCUT2D eigenvalue weighted by Gasteiger charge is 2.44. The molecule has 2 aliphatic rings. The number of halogens is 1. The van der Waals surface area contributed by atoms with Gasteiger partial charge in [0.15, 0.2) is 5.11 Å². The van der Waals surface area contributed by atoms with E-state index < -0.39 is 17.8 Å². The monoisotopic (exact) mass is 631 g/mol. The number of hydrogen-bond acceptors (Lipinski definition) is 7. The molecule has 3 aromatic carbocycles. The van der Waals surface area contributed by atoms with Crippen molar-refractivity contribution in [3.05, 3.63) is 95.8 Å². The molecule has 3 aromatic rings. The number of anilines is 2. The number of hydrogen-bond donors (Lipinski definition) is 1. The van der Waals surface area contributed by atoms with Gasteiger partial charge in [0.05, 0.1) is 24.3 Å². The number of rotatable bonds is 12. The zero-order chi connectivity index (χ0) is 31.8. The van der Waals surface area contributed by atoms with Crippen LogP contribution in [0.3, 0.4) is 0 Å². The van der Waals surface area contributed by atoms with E-state index in [0.717, 1.165) is 45.7 Å². The summed E-state index contributed by atoms with van der Waals surface area (Å²) in [7, 11) is 0. The largest absolute Gasteiger partial charge is 0.462 e. The Morgan fingerprint density at radius 2 is 1.58 bits per heavy atom. The zero-order valence-corrected chi connectivity index (χ0v) is 26.2. The molecule has 1 N–H and O–H groups in total. The van der Waals surface area contributed by atoms with Crippen LogP contribution in [0, 0.1) is 5.82 Å². The van der Waals surface area contributed by atoms with Gasteiger partial charge in [0.2, 0.25) is 5.91 Å². The van der Waals surface area contributed by atoms with Crippen LogP contribution in [-0.2, 0) is 20.9 Å². The first kappa shape index (κ1) is 32.2. The topological polar surface area (TPSA) is 85.4 Å². The fourth-order valence-electron chi connectivity index (χ4n) is 5.68. The Bertz CT molecular complexity index is 1480. The first-order valence-corrected chi connectivity index (χ1v) is 15.7. The van der Waals surface area contributed by atoms with Crippen molar-refractivity contribution in [2.75, 3.05) is 56.1 Å². The van der Waals surface area contributed by atoms with Crippen molar-refractivity contribution in [2.24, 2.45) is 0 Å². The molecule has 2 fully saturated rings. The lowest BCUT2D eigenvalue weighted by molar-refractivity contribution is -0.124. The van der Waals surface area contributed by atoms with Crippen LogP contribution in [0.15, 0.2) is 78.9 Å². The Balaban J connectivity index is 1.23. The third-order valence-corrected chi connectivity index (χ3v) is 8.47. The summed E-state index contributed by atoms with van der Waals surface area (Å²) in [6.45, 7) is 8.16. The van der Waals surface area contributed by atoms with E-state index in [0.29, 0.717) is 28.6 Å². The van der Waals surface area contributed by atoms with Crippen molar-refractivity contribution in [3.8, 4) is 0 Å². The number of nitrogens with zero attached hydrogens (tertiary/aromatic N) is 4. The van der Waals surface area contributed by atoms with E-state index in [1.807, 2.05) is 11.0 Å². The molecule has 9 nitrogen and oxygen atoms in total. The van der Waals surface area contributed by atoms with Gasteiger partial charge < -0.3 is 19.9 Å². The maximum Gasteiger partial charge on any atom is 0.338 e. The number of ether oxygens (including phenoxy) is 1. The lowest BCUT2D eigenvalue weighted by Crippen LogP contribution is -2.47. The maximum atomic E-state index is 13.8. The summed E-state index contributed by atoms with van der Waals surface area (Å²) in [5.41, 5.74) is 2.64. The molecule has 45 heavy (non-hydrogen) atoms. The van der Waals surface area contributed by atoms with E-state index >= 15 is 0 Å². The van der Waals surface area contributed by atoms with Gasteiger partial charge in [-0.2, -0.15) is 0 Å². The first-order chi connectivity index (χ1) is 21.8. The molecule has 2 amide bonds. The smallest absolute Gasteiger partial charge is 0.338 e. The van der Waals surface area contributed by atoms with E-state index in [2.05, 4.69) is 39.4 Å². The number of nitrogens with one attached hydrogen (secondary N) is 1. The fourth-order valence-corrected chi connectivity index (χ4v) is 6.10. The van der Waals surface area contributed by atoms with Gasteiger partial charge in [-0.25, -0.2) is 9.18 Å². The third kappa shape index (κ3) is 8.30. The molecular formula is C34H38FN5O4S. The number of piperazine rings is 1. The minimum absolute atomic E-state index is 0.119. The van der Waals surface area contributed by atoms with Crippen molar-refractivity contribution in [2.45, 2.75) is 32.4 Å². The second kappa shape index (κ2) is 15.2. The fraction of sp³-hybridized carbons (Fsp3) is 0.353. The predicted molar refractivity (Wildman–Crippen MR) is 175 cm³/mol. The summed E-state index contributed by atoms with van der Waals surface area (Å²) in [6, 6.07) is 21.7. The number of benzene rings is 3. The normalized spacial score (nSPS) is 17.5. The first-order valence-electron chi connectivity index (χ1n) is 15.3. The van der Waals surface area contributed by atoms with Gasteiger partial charge >= 0.3 is 5.97 Å². The molecule has 0 aromatic heterocycles. The van der Waals surface area contributed by atoms with Gasteiger partial charge in [-0.3, -0.25) is 19.4 Å². The molecule has 0 unspecified atom stereocenters. The highest BCUT2D eigenvalue weighted by Crippen LogP contribution is 2.28. The van der Waals surface area contributed by atoms with Gasteiger partial charge in [0.1, 0.15) is 11.9 Å². The van der Waals surface area contributed by atoms with Gasteiger partial charge in [-0.15, -0.1) is 0 Å².